The van der Waals surface area contributed by atoms with Crippen molar-refractivity contribution in [3.05, 3.63) is 50.9 Å². The van der Waals surface area contributed by atoms with Crippen LogP contribution in [0.25, 0.3) is 0 Å². The summed E-state index contributed by atoms with van der Waals surface area (Å²) in [7, 11) is 0. The summed E-state index contributed by atoms with van der Waals surface area (Å²) >= 11 is 0. The zero-order chi connectivity index (χ0) is 16.4. The van der Waals surface area contributed by atoms with Crippen molar-refractivity contribution in [1.29, 1.82) is 0 Å². The number of ether oxygens (including phenoxy) is 1. The van der Waals surface area contributed by atoms with Crippen LogP contribution in [-0.2, 0) is 0 Å². The highest BCUT2D eigenvalue weighted by Gasteiger charge is 2.24. The fourth-order valence-electron chi connectivity index (χ4n) is 2.08. The van der Waals surface area contributed by atoms with Crippen LogP contribution in [-0.4, -0.2) is 16.0 Å². The molecular weight excluding hydrogens is 288 g/mol. The number of nitro benzene ring substituents is 1. The SMILES string of the molecule is Cc1cc(OC(=O)c2c(C)noc2C(C)C)ccc1[N+](=O)[O-]. The number of esters is 1. The molecule has 2 rings (SSSR count). The van der Waals surface area contributed by atoms with Gasteiger partial charge in [0.15, 0.2) is 5.76 Å². The van der Waals surface area contributed by atoms with E-state index in [-0.39, 0.29) is 17.4 Å². The molecule has 0 bridgehead atoms. The van der Waals surface area contributed by atoms with Crippen molar-refractivity contribution in [2.24, 2.45) is 0 Å². The molecule has 0 atom stereocenters. The van der Waals surface area contributed by atoms with Crippen LogP contribution in [0.15, 0.2) is 22.7 Å². The average Bonchev–Trinajstić information content (AvgIpc) is 2.80. The summed E-state index contributed by atoms with van der Waals surface area (Å²) in [4.78, 5) is 22.6. The Balaban J connectivity index is 2.28. The third kappa shape index (κ3) is 2.98. The van der Waals surface area contributed by atoms with Crippen molar-refractivity contribution in [3.8, 4) is 5.75 Å². The minimum atomic E-state index is -0.587. The third-order valence-electron chi connectivity index (χ3n) is 3.19. The Hall–Kier alpha value is -2.70. The van der Waals surface area contributed by atoms with Crippen LogP contribution in [0.3, 0.4) is 0 Å². The number of hydrogen-bond donors (Lipinski definition) is 0. The minimum absolute atomic E-state index is 0.0117. The van der Waals surface area contributed by atoms with Crippen molar-refractivity contribution in [2.75, 3.05) is 0 Å². The second-order valence-electron chi connectivity index (χ2n) is 5.26. The summed E-state index contributed by atoms with van der Waals surface area (Å²) in [6.07, 6.45) is 0. The first-order valence-corrected chi connectivity index (χ1v) is 6.74. The first kappa shape index (κ1) is 15.7. The fourth-order valence-corrected chi connectivity index (χ4v) is 2.08. The predicted octanol–water partition coefficient (Wildman–Crippen LogP) is 3.54. The highest BCUT2D eigenvalue weighted by atomic mass is 16.6. The maximum absolute atomic E-state index is 12.3. The number of aromatic nitrogens is 1. The van der Waals surface area contributed by atoms with Crippen LogP contribution in [0.2, 0.25) is 0 Å². The van der Waals surface area contributed by atoms with E-state index in [1.54, 1.807) is 13.8 Å². The van der Waals surface area contributed by atoms with E-state index in [0.29, 0.717) is 22.6 Å². The van der Waals surface area contributed by atoms with Crippen LogP contribution in [0, 0.1) is 24.0 Å². The smallest absolute Gasteiger partial charge is 0.349 e. The highest BCUT2D eigenvalue weighted by molar-refractivity contribution is 5.93. The van der Waals surface area contributed by atoms with E-state index in [2.05, 4.69) is 5.16 Å². The van der Waals surface area contributed by atoms with Crippen LogP contribution in [0.5, 0.6) is 5.75 Å². The van der Waals surface area contributed by atoms with Gasteiger partial charge in [-0.2, -0.15) is 0 Å². The molecule has 0 unspecified atom stereocenters. The zero-order valence-corrected chi connectivity index (χ0v) is 12.7. The largest absolute Gasteiger partial charge is 0.423 e. The lowest BCUT2D eigenvalue weighted by molar-refractivity contribution is -0.385. The molecule has 1 aromatic carbocycles. The summed E-state index contributed by atoms with van der Waals surface area (Å²) in [5, 5.41) is 14.6. The summed E-state index contributed by atoms with van der Waals surface area (Å²) in [6.45, 7) is 7.01. The Morgan fingerprint density at radius 3 is 2.59 bits per heavy atom. The summed E-state index contributed by atoms with van der Waals surface area (Å²) < 4.78 is 10.4. The van der Waals surface area contributed by atoms with Gasteiger partial charge in [0.05, 0.1) is 10.6 Å². The maximum Gasteiger partial charge on any atom is 0.349 e. The molecule has 0 aliphatic rings. The molecule has 1 heterocycles. The number of carbonyl (C=O) groups excluding carboxylic acids is 1. The van der Waals surface area contributed by atoms with Gasteiger partial charge in [0, 0.05) is 17.5 Å². The summed E-state index contributed by atoms with van der Waals surface area (Å²) in [5.41, 5.74) is 1.14. The van der Waals surface area contributed by atoms with E-state index < -0.39 is 10.9 Å². The van der Waals surface area contributed by atoms with Crippen LogP contribution >= 0.6 is 0 Å². The van der Waals surface area contributed by atoms with Crippen LogP contribution in [0.4, 0.5) is 5.69 Å². The lowest BCUT2D eigenvalue weighted by Crippen LogP contribution is -2.12. The van der Waals surface area contributed by atoms with E-state index in [9.17, 15) is 14.9 Å². The molecule has 0 aliphatic heterocycles. The maximum atomic E-state index is 12.3. The Kier molecular flexibility index (Phi) is 4.25. The van der Waals surface area contributed by atoms with Gasteiger partial charge in [-0.25, -0.2) is 4.79 Å². The Bertz CT molecular complexity index is 734. The highest BCUT2D eigenvalue weighted by Crippen LogP contribution is 2.26. The van der Waals surface area contributed by atoms with Crippen molar-refractivity contribution < 1.29 is 19.0 Å². The third-order valence-corrected chi connectivity index (χ3v) is 3.19. The van der Waals surface area contributed by atoms with E-state index in [1.807, 2.05) is 13.8 Å². The van der Waals surface area contributed by atoms with Gasteiger partial charge in [0.2, 0.25) is 0 Å². The molecule has 0 N–H and O–H groups in total. The molecule has 0 spiro atoms. The number of nitro groups is 1. The summed E-state index contributed by atoms with van der Waals surface area (Å²) in [6, 6.07) is 4.15. The molecule has 22 heavy (non-hydrogen) atoms. The molecule has 7 heteroatoms. The summed E-state index contributed by atoms with van der Waals surface area (Å²) in [5.74, 6) is 0.0996. The van der Waals surface area contributed by atoms with Gasteiger partial charge < -0.3 is 9.26 Å². The monoisotopic (exact) mass is 304 g/mol. The average molecular weight is 304 g/mol. The number of carbonyl (C=O) groups is 1. The van der Waals surface area contributed by atoms with Crippen molar-refractivity contribution in [3.63, 3.8) is 0 Å². The van der Waals surface area contributed by atoms with Gasteiger partial charge in [0.1, 0.15) is 11.3 Å². The lowest BCUT2D eigenvalue weighted by Gasteiger charge is -2.07. The quantitative estimate of drug-likeness (QED) is 0.371. The second kappa shape index (κ2) is 5.97. The minimum Gasteiger partial charge on any atom is -0.423 e. The first-order chi connectivity index (χ1) is 10.3. The first-order valence-electron chi connectivity index (χ1n) is 6.74. The molecule has 0 radical (unpaired) electrons. The lowest BCUT2D eigenvalue weighted by atomic mass is 10.1. The van der Waals surface area contributed by atoms with Crippen molar-refractivity contribution in [2.45, 2.75) is 33.6 Å². The van der Waals surface area contributed by atoms with Crippen molar-refractivity contribution in [1.82, 2.24) is 5.16 Å². The predicted molar refractivity (Wildman–Crippen MR) is 78.1 cm³/mol. The van der Waals surface area contributed by atoms with Gasteiger partial charge in [-0.3, -0.25) is 10.1 Å². The molecule has 1 aromatic heterocycles. The number of nitrogens with zero attached hydrogens (tertiary/aromatic N) is 2. The molecule has 0 fully saturated rings. The van der Waals surface area contributed by atoms with E-state index in [4.69, 9.17) is 9.26 Å². The van der Waals surface area contributed by atoms with Crippen molar-refractivity contribution >= 4 is 11.7 Å². The Morgan fingerprint density at radius 2 is 2.05 bits per heavy atom. The molecule has 0 saturated heterocycles. The van der Waals surface area contributed by atoms with Gasteiger partial charge in [-0.05, 0) is 26.0 Å². The topological polar surface area (TPSA) is 95.5 Å². The molecule has 0 aliphatic carbocycles. The number of hydrogen-bond acceptors (Lipinski definition) is 6. The molecule has 7 nitrogen and oxygen atoms in total. The van der Waals surface area contributed by atoms with Gasteiger partial charge in [-0.15, -0.1) is 0 Å². The number of rotatable bonds is 4. The van der Waals surface area contributed by atoms with E-state index in [0.717, 1.165) is 0 Å². The molecule has 2 aromatic rings. The van der Waals surface area contributed by atoms with Gasteiger partial charge in [0.25, 0.3) is 5.69 Å². The molecule has 0 amide bonds. The zero-order valence-electron chi connectivity index (χ0n) is 12.7. The molecule has 116 valence electrons. The fraction of sp³-hybridized carbons (Fsp3) is 0.333. The number of benzene rings is 1. The van der Waals surface area contributed by atoms with Crippen LogP contribution < -0.4 is 4.74 Å². The number of aryl methyl sites for hydroxylation is 2. The molecular formula is C15H16N2O5. The standard InChI is InChI=1S/C15H16N2O5/c1-8(2)14-13(10(4)16-22-14)15(18)21-11-5-6-12(17(19)20)9(3)7-11/h5-8H,1-4H3. The Labute approximate surface area is 127 Å². The Morgan fingerprint density at radius 1 is 1.36 bits per heavy atom. The van der Waals surface area contributed by atoms with Gasteiger partial charge >= 0.3 is 5.97 Å². The van der Waals surface area contributed by atoms with Gasteiger partial charge in [-0.1, -0.05) is 19.0 Å². The van der Waals surface area contributed by atoms with Crippen LogP contribution in [0.1, 0.15) is 47.1 Å². The normalized spacial score (nSPS) is 10.8. The molecule has 0 saturated carbocycles. The van der Waals surface area contributed by atoms with E-state index >= 15 is 0 Å². The van der Waals surface area contributed by atoms with E-state index in [1.165, 1.54) is 18.2 Å². The second-order valence-corrected chi connectivity index (χ2v) is 5.26.